The van der Waals surface area contributed by atoms with E-state index in [1.165, 1.54) is 154 Å². The monoisotopic (exact) mass is 901 g/mol. The molecule has 2 unspecified atom stereocenters. The number of hydrogen-bond acceptors (Lipinski definition) is 6. The van der Waals surface area contributed by atoms with Crippen LogP contribution in [0.15, 0.2) is 48.6 Å². The molecule has 0 saturated carbocycles. The van der Waals surface area contributed by atoms with Gasteiger partial charge in [0.25, 0.3) is 0 Å². The zero-order chi connectivity index (χ0) is 47.0. The Kier molecular flexibility index (Phi) is 44.8. The number of hydrogen-bond donors (Lipinski definition) is 1. The highest BCUT2D eigenvalue weighted by atomic mass is 16.6. The Hall–Kier alpha value is -2.71. The Morgan fingerprint density at radius 2 is 0.844 bits per heavy atom. The van der Waals surface area contributed by atoms with Crippen molar-refractivity contribution in [3.63, 3.8) is 0 Å². The van der Waals surface area contributed by atoms with Crippen molar-refractivity contribution < 1.29 is 38.2 Å². The lowest BCUT2D eigenvalue weighted by molar-refractivity contribution is -0.887. The molecule has 0 bridgehead atoms. The molecule has 0 fully saturated rings. The number of likely N-dealkylation sites (N-methyl/N-ethyl adjacent to an activating group) is 1. The van der Waals surface area contributed by atoms with Crippen LogP contribution in [0.5, 0.6) is 0 Å². The summed E-state index contributed by atoms with van der Waals surface area (Å²) in [6.07, 6.45) is 57.5. The number of carboxylic acid groups (broad SMARTS) is 1. The first kappa shape index (κ1) is 61.3. The van der Waals surface area contributed by atoms with Crippen LogP contribution in [0, 0.1) is 0 Å². The van der Waals surface area contributed by atoms with Crippen LogP contribution in [-0.2, 0) is 28.6 Å². The summed E-state index contributed by atoms with van der Waals surface area (Å²) in [6.45, 7) is 4.68. The number of rotatable bonds is 48. The molecule has 0 spiro atoms. The van der Waals surface area contributed by atoms with Crippen LogP contribution in [0.25, 0.3) is 0 Å². The predicted molar refractivity (Wildman–Crippen MR) is 271 cm³/mol. The summed E-state index contributed by atoms with van der Waals surface area (Å²) in [5, 5.41) is 9.66. The molecule has 0 aliphatic heterocycles. The second-order valence-corrected chi connectivity index (χ2v) is 19.1. The van der Waals surface area contributed by atoms with Crippen molar-refractivity contribution in [1.29, 1.82) is 0 Å². The van der Waals surface area contributed by atoms with Gasteiger partial charge in [-0.3, -0.25) is 9.59 Å². The summed E-state index contributed by atoms with van der Waals surface area (Å²) in [4.78, 5) is 37.1. The molecule has 0 aliphatic rings. The largest absolute Gasteiger partial charge is 0.477 e. The van der Waals surface area contributed by atoms with E-state index in [1.54, 1.807) is 0 Å². The van der Waals surface area contributed by atoms with Crippen molar-refractivity contribution >= 4 is 17.9 Å². The fourth-order valence-corrected chi connectivity index (χ4v) is 7.85. The van der Waals surface area contributed by atoms with E-state index in [0.717, 1.165) is 44.9 Å². The summed E-state index contributed by atoms with van der Waals surface area (Å²) >= 11 is 0. The van der Waals surface area contributed by atoms with Gasteiger partial charge in [0.1, 0.15) is 6.61 Å². The molecule has 2 atom stereocenters. The third-order valence-corrected chi connectivity index (χ3v) is 12.0. The highest BCUT2D eigenvalue weighted by Gasteiger charge is 2.31. The van der Waals surface area contributed by atoms with Crippen LogP contribution >= 0.6 is 0 Å². The molecule has 0 radical (unpaired) electrons. The molecule has 0 aromatic heterocycles. The summed E-state index contributed by atoms with van der Waals surface area (Å²) in [7, 11) is 5.52. The fourth-order valence-electron chi connectivity index (χ4n) is 7.85. The predicted octanol–water partition coefficient (Wildman–Crippen LogP) is 15.5. The van der Waals surface area contributed by atoms with Crippen LogP contribution in [0.2, 0.25) is 0 Å². The molecule has 0 saturated heterocycles. The third-order valence-electron chi connectivity index (χ3n) is 12.0. The van der Waals surface area contributed by atoms with Gasteiger partial charge in [-0.15, -0.1) is 0 Å². The zero-order valence-electron chi connectivity index (χ0n) is 42.5. The first-order chi connectivity index (χ1) is 31.1. The Morgan fingerprint density at radius 1 is 0.469 bits per heavy atom. The molecule has 1 N–H and O–H groups in total. The van der Waals surface area contributed by atoms with E-state index in [-0.39, 0.29) is 42.7 Å². The smallest absolute Gasteiger partial charge is 0.362 e. The quantitative estimate of drug-likeness (QED) is 0.0281. The van der Waals surface area contributed by atoms with Crippen molar-refractivity contribution in [2.24, 2.45) is 0 Å². The minimum absolute atomic E-state index is 0.0458. The van der Waals surface area contributed by atoms with Gasteiger partial charge in [0, 0.05) is 19.3 Å². The van der Waals surface area contributed by atoms with E-state index in [0.29, 0.717) is 19.3 Å². The summed E-state index contributed by atoms with van der Waals surface area (Å²) in [5.41, 5.74) is 0. The Morgan fingerprint density at radius 3 is 1.27 bits per heavy atom. The molecule has 64 heavy (non-hydrogen) atoms. The Labute approximate surface area is 395 Å². The van der Waals surface area contributed by atoms with Crippen molar-refractivity contribution in [2.45, 2.75) is 251 Å². The maximum Gasteiger partial charge on any atom is 0.362 e. The third kappa shape index (κ3) is 44.5. The average molecular weight is 901 g/mol. The van der Waals surface area contributed by atoms with E-state index in [1.807, 2.05) is 21.1 Å². The minimum Gasteiger partial charge on any atom is -0.477 e. The topological polar surface area (TPSA) is 99.1 Å². The first-order valence-corrected chi connectivity index (χ1v) is 26.7. The van der Waals surface area contributed by atoms with E-state index in [2.05, 4.69) is 62.5 Å². The van der Waals surface area contributed by atoms with E-state index in [4.69, 9.17) is 14.2 Å². The average Bonchev–Trinajstić information content (AvgIpc) is 3.26. The SMILES string of the molecule is CCCCC/C=C/C/C=C/C/C=C/C/C=C/CCCC(=O)OCC(COCCC(C(=O)O)[N+](C)(C)C)OC(=O)CCCCCCCCCCCCCCCCCCCCCCCCC. The lowest BCUT2D eigenvalue weighted by atomic mass is 10.0. The van der Waals surface area contributed by atoms with Gasteiger partial charge in [0.05, 0.1) is 34.4 Å². The van der Waals surface area contributed by atoms with Gasteiger partial charge in [-0.05, 0) is 51.4 Å². The summed E-state index contributed by atoms with van der Waals surface area (Å²) < 4.78 is 17.3. The highest BCUT2D eigenvalue weighted by molar-refractivity contribution is 5.72. The molecule has 8 heteroatoms. The van der Waals surface area contributed by atoms with Crippen LogP contribution in [0.3, 0.4) is 0 Å². The van der Waals surface area contributed by atoms with Gasteiger partial charge in [-0.1, -0.05) is 217 Å². The second-order valence-electron chi connectivity index (χ2n) is 19.1. The summed E-state index contributed by atoms with van der Waals surface area (Å²) in [6, 6.07) is -0.623. The number of quaternary nitrogens is 1. The van der Waals surface area contributed by atoms with Crippen LogP contribution in [0.4, 0.5) is 0 Å². The van der Waals surface area contributed by atoms with E-state index >= 15 is 0 Å². The second kappa shape index (κ2) is 46.8. The van der Waals surface area contributed by atoms with Crippen molar-refractivity contribution in [2.75, 3.05) is 41.0 Å². The van der Waals surface area contributed by atoms with Crippen LogP contribution in [-0.4, -0.2) is 80.6 Å². The van der Waals surface area contributed by atoms with Gasteiger partial charge >= 0.3 is 17.9 Å². The lowest BCUT2D eigenvalue weighted by Crippen LogP contribution is -2.50. The maximum absolute atomic E-state index is 12.8. The van der Waals surface area contributed by atoms with E-state index < -0.39 is 18.1 Å². The molecular weight excluding hydrogens is 799 g/mol. The first-order valence-electron chi connectivity index (χ1n) is 26.7. The Balaban J connectivity index is 4.25. The molecule has 0 aromatic rings. The summed E-state index contributed by atoms with van der Waals surface area (Å²) in [5.74, 6) is -1.53. The normalized spacial score (nSPS) is 13.2. The number of ether oxygens (including phenoxy) is 3. The molecule has 0 heterocycles. The van der Waals surface area contributed by atoms with Crippen molar-refractivity contribution in [1.82, 2.24) is 0 Å². The van der Waals surface area contributed by atoms with Crippen LogP contribution in [0.1, 0.15) is 239 Å². The maximum atomic E-state index is 12.8. The molecule has 0 aromatic carbocycles. The van der Waals surface area contributed by atoms with Crippen molar-refractivity contribution in [3.8, 4) is 0 Å². The fraction of sp³-hybridized carbons (Fsp3) is 0.804. The number of carbonyl (C=O) groups excluding carboxylic acids is 2. The van der Waals surface area contributed by atoms with Crippen molar-refractivity contribution in [3.05, 3.63) is 48.6 Å². The number of unbranched alkanes of at least 4 members (excludes halogenated alkanes) is 26. The van der Waals surface area contributed by atoms with Gasteiger partial charge in [-0.25, -0.2) is 4.79 Å². The number of carboxylic acids is 1. The molecule has 8 nitrogen and oxygen atoms in total. The van der Waals surface area contributed by atoms with Crippen LogP contribution < -0.4 is 0 Å². The molecule has 0 rings (SSSR count). The lowest BCUT2D eigenvalue weighted by Gasteiger charge is -2.31. The molecule has 372 valence electrons. The standard InChI is InChI=1S/C56H101NO7/c1-6-8-10-12-14-16-18-20-22-24-25-26-27-28-29-31-33-35-37-39-41-43-45-47-55(59)64-52(50-62-49-48-53(56(60)61)57(3,4)5)51-63-54(58)46-44-42-40-38-36-34-32-30-23-21-19-17-15-13-11-9-7-2/h15,17,21,23,32,34,38,40,52-53H,6-14,16,18-20,22,24-31,33,35-37,39,41-51H2,1-5H3/p+1/b17-15+,23-21+,34-32+,40-38+. The number of allylic oxidation sites excluding steroid dienone is 8. The number of carbonyl (C=O) groups is 3. The number of aliphatic carboxylic acids is 1. The molecular formula is C56H102NO7+. The van der Waals surface area contributed by atoms with Gasteiger partial charge in [-0.2, -0.15) is 0 Å². The van der Waals surface area contributed by atoms with Gasteiger partial charge < -0.3 is 23.8 Å². The van der Waals surface area contributed by atoms with E-state index in [9.17, 15) is 19.5 Å². The highest BCUT2D eigenvalue weighted by Crippen LogP contribution is 2.17. The molecule has 0 amide bonds. The molecule has 0 aliphatic carbocycles. The zero-order valence-corrected chi connectivity index (χ0v) is 42.5. The van der Waals surface area contributed by atoms with Gasteiger partial charge in [0.2, 0.25) is 0 Å². The number of nitrogens with zero attached hydrogens (tertiary/aromatic N) is 1. The Bertz CT molecular complexity index is 1190. The minimum atomic E-state index is -0.880. The number of esters is 2. The van der Waals surface area contributed by atoms with Gasteiger partial charge in [0.15, 0.2) is 12.1 Å².